The van der Waals surface area contributed by atoms with Gasteiger partial charge in [0, 0.05) is 24.7 Å². The molecular weight excluding hydrogens is 484 g/mol. The fourth-order valence-electron chi connectivity index (χ4n) is 3.13. The van der Waals surface area contributed by atoms with E-state index < -0.39 is 0 Å². The number of hydrogen-bond donors (Lipinski definition) is 2. The zero-order valence-electron chi connectivity index (χ0n) is 15.9. The highest BCUT2D eigenvalue weighted by Gasteiger charge is 2.15. The molecule has 0 saturated carbocycles. The van der Waals surface area contributed by atoms with E-state index in [1.807, 2.05) is 6.21 Å². The van der Waals surface area contributed by atoms with E-state index in [1.165, 1.54) is 22.5 Å². The van der Waals surface area contributed by atoms with E-state index in [-0.39, 0.29) is 34.0 Å². The molecule has 0 bridgehead atoms. The van der Waals surface area contributed by atoms with E-state index in [2.05, 4.69) is 92.6 Å². The van der Waals surface area contributed by atoms with Gasteiger partial charge in [-0.15, -0.1) is 17.0 Å². The lowest BCUT2D eigenvalue weighted by atomic mass is 10.1. The van der Waals surface area contributed by atoms with Crippen LogP contribution in [-0.2, 0) is 7.05 Å². The molecule has 4 rings (SSSR count). The number of imidazole rings is 1. The fourth-order valence-corrected chi connectivity index (χ4v) is 3.13. The van der Waals surface area contributed by atoms with Gasteiger partial charge < -0.3 is 22.3 Å². The molecule has 3 aromatic rings. The van der Waals surface area contributed by atoms with Gasteiger partial charge in [-0.2, -0.15) is 5.10 Å². The molecule has 2 N–H and O–H groups in total. The SMILES string of the molecule is Br.Cc1ccc2n(C)c(-c3ccc(/C=N/NC4=NCCCN4)cc3)c[n+]2c1.[Br-]. The van der Waals surface area contributed by atoms with Gasteiger partial charge in [0.2, 0.25) is 5.96 Å². The summed E-state index contributed by atoms with van der Waals surface area (Å²) in [4.78, 5) is 4.33. The molecule has 2 aromatic heterocycles. The molecule has 3 heterocycles. The molecule has 6 nitrogen and oxygen atoms in total. The Balaban J connectivity index is 0.00000140. The third-order valence-electron chi connectivity index (χ3n) is 4.56. The van der Waals surface area contributed by atoms with Crippen LogP contribution in [0.4, 0.5) is 0 Å². The molecule has 0 aliphatic carbocycles. The molecule has 0 atom stereocenters. The van der Waals surface area contributed by atoms with Crippen molar-refractivity contribution in [2.45, 2.75) is 13.3 Å². The van der Waals surface area contributed by atoms with Gasteiger partial charge in [0.15, 0.2) is 5.69 Å². The van der Waals surface area contributed by atoms with Gasteiger partial charge in [-0.05, 0) is 42.7 Å². The Morgan fingerprint density at radius 1 is 1.18 bits per heavy atom. The first-order valence-electron chi connectivity index (χ1n) is 8.86. The number of nitrogens with one attached hydrogen (secondary N) is 2. The largest absolute Gasteiger partial charge is 1.00 e. The van der Waals surface area contributed by atoms with Crippen LogP contribution < -0.4 is 32.1 Å². The van der Waals surface area contributed by atoms with Crippen molar-refractivity contribution in [1.82, 2.24) is 15.3 Å². The Bertz CT molecular complexity index is 992. The van der Waals surface area contributed by atoms with Gasteiger partial charge >= 0.3 is 0 Å². The van der Waals surface area contributed by atoms with E-state index in [1.54, 1.807) is 0 Å². The maximum Gasteiger partial charge on any atom is 0.286 e. The van der Waals surface area contributed by atoms with Crippen LogP contribution >= 0.6 is 17.0 Å². The van der Waals surface area contributed by atoms with Crippen molar-refractivity contribution >= 4 is 34.8 Å². The summed E-state index contributed by atoms with van der Waals surface area (Å²) in [6.07, 6.45) is 7.19. The highest BCUT2D eigenvalue weighted by atomic mass is 79.9. The van der Waals surface area contributed by atoms with E-state index in [9.17, 15) is 0 Å². The van der Waals surface area contributed by atoms with E-state index in [4.69, 9.17) is 0 Å². The summed E-state index contributed by atoms with van der Waals surface area (Å²) in [6.45, 7) is 3.90. The van der Waals surface area contributed by atoms with Gasteiger partial charge in [0.05, 0.1) is 19.5 Å². The number of hydrogen-bond acceptors (Lipinski definition) is 4. The smallest absolute Gasteiger partial charge is 0.286 e. The highest BCUT2D eigenvalue weighted by Crippen LogP contribution is 2.20. The standard InChI is InChI=1S/C20H23N6.2BrH/c1-15-4-9-19-25(2)18(14-26(19)13-15)17-7-5-16(6-8-17)12-23-24-20-21-10-3-11-22-20;;/h4-9,12-14H,3,10-11H2,1-2H3,(H2,21,22,24);2*1H/q+1;;/p-1/b23-12+;;. The molecule has 1 aromatic carbocycles. The highest BCUT2D eigenvalue weighted by molar-refractivity contribution is 8.93. The van der Waals surface area contributed by atoms with Gasteiger partial charge in [-0.3, -0.25) is 4.99 Å². The van der Waals surface area contributed by atoms with Gasteiger partial charge in [0.25, 0.3) is 5.65 Å². The number of aryl methyl sites for hydroxylation is 2. The number of benzene rings is 1. The van der Waals surface area contributed by atoms with Crippen molar-refractivity contribution in [3.63, 3.8) is 0 Å². The topological polar surface area (TPSA) is 57.8 Å². The van der Waals surface area contributed by atoms with Crippen LogP contribution in [-0.4, -0.2) is 29.8 Å². The third kappa shape index (κ3) is 4.80. The average Bonchev–Trinajstić information content (AvgIpc) is 2.99. The molecule has 0 spiro atoms. The van der Waals surface area contributed by atoms with Crippen LogP contribution in [0.3, 0.4) is 0 Å². The van der Waals surface area contributed by atoms with Gasteiger partial charge in [0.1, 0.15) is 6.20 Å². The minimum atomic E-state index is 0. The molecule has 0 amide bonds. The number of guanidine groups is 1. The Kier molecular flexibility index (Phi) is 7.77. The van der Waals surface area contributed by atoms with E-state index in [0.29, 0.717) is 0 Å². The Labute approximate surface area is 185 Å². The predicted molar refractivity (Wildman–Crippen MR) is 115 cm³/mol. The van der Waals surface area contributed by atoms with Gasteiger partial charge in [-0.25, -0.2) is 14.4 Å². The number of fused-ring (bicyclic) bond motifs is 1. The molecule has 1 aliphatic rings. The summed E-state index contributed by atoms with van der Waals surface area (Å²) >= 11 is 0. The van der Waals surface area contributed by atoms with Crippen LogP contribution in [0.15, 0.2) is 58.9 Å². The summed E-state index contributed by atoms with van der Waals surface area (Å²) in [5.74, 6) is 0.743. The Morgan fingerprint density at radius 2 is 1.96 bits per heavy atom. The molecule has 8 heteroatoms. The van der Waals surface area contributed by atoms with Crippen molar-refractivity contribution in [2.24, 2.45) is 17.1 Å². The molecule has 0 fully saturated rings. The summed E-state index contributed by atoms with van der Waals surface area (Å²) in [6, 6.07) is 12.7. The number of aromatic nitrogens is 2. The molecule has 0 saturated heterocycles. The zero-order valence-corrected chi connectivity index (χ0v) is 19.2. The first-order chi connectivity index (χ1) is 12.7. The zero-order chi connectivity index (χ0) is 17.9. The molecular formula is C20H24Br2N6. The number of rotatable bonds is 3. The average molecular weight is 508 g/mol. The van der Waals surface area contributed by atoms with Crippen LogP contribution in [0.1, 0.15) is 17.5 Å². The minimum Gasteiger partial charge on any atom is -1.00 e. The maximum atomic E-state index is 4.33. The summed E-state index contributed by atoms with van der Waals surface area (Å²) in [7, 11) is 2.09. The second-order valence-electron chi connectivity index (χ2n) is 6.55. The van der Waals surface area contributed by atoms with Crippen molar-refractivity contribution in [2.75, 3.05) is 13.1 Å². The summed E-state index contributed by atoms with van der Waals surface area (Å²) in [5, 5.41) is 7.43. The molecule has 28 heavy (non-hydrogen) atoms. The lowest BCUT2D eigenvalue weighted by Crippen LogP contribution is -3.00. The normalized spacial score (nSPS) is 13.4. The lowest BCUT2D eigenvalue weighted by molar-refractivity contribution is -0.510. The lowest BCUT2D eigenvalue weighted by Gasteiger charge is -2.12. The molecule has 0 radical (unpaired) electrons. The van der Waals surface area contributed by atoms with Crippen LogP contribution in [0, 0.1) is 6.92 Å². The van der Waals surface area contributed by atoms with E-state index >= 15 is 0 Å². The number of hydrazone groups is 1. The molecule has 148 valence electrons. The van der Waals surface area contributed by atoms with Crippen LogP contribution in [0.5, 0.6) is 0 Å². The Hall–Kier alpha value is -2.19. The Morgan fingerprint density at radius 3 is 2.68 bits per heavy atom. The summed E-state index contributed by atoms with van der Waals surface area (Å²) < 4.78 is 4.37. The fraction of sp³-hybridized carbons (Fsp3) is 0.250. The van der Waals surface area contributed by atoms with Crippen LogP contribution in [0.25, 0.3) is 16.9 Å². The first kappa shape index (κ1) is 22.1. The second-order valence-corrected chi connectivity index (χ2v) is 6.55. The number of nitrogens with zero attached hydrogens (tertiary/aromatic N) is 4. The number of aliphatic imine (C=N–C) groups is 1. The van der Waals surface area contributed by atoms with Gasteiger partial charge in [-0.1, -0.05) is 12.1 Å². The minimum absolute atomic E-state index is 0. The van der Waals surface area contributed by atoms with Crippen molar-refractivity contribution in [3.05, 3.63) is 59.9 Å². The maximum absolute atomic E-state index is 4.33. The second kappa shape index (κ2) is 9.84. The predicted octanol–water partition coefficient (Wildman–Crippen LogP) is -0.406. The van der Waals surface area contributed by atoms with Crippen LogP contribution in [0.2, 0.25) is 0 Å². The third-order valence-corrected chi connectivity index (χ3v) is 4.56. The molecule has 1 aliphatic heterocycles. The quantitative estimate of drug-likeness (QED) is 0.288. The number of pyridine rings is 1. The monoisotopic (exact) mass is 506 g/mol. The van der Waals surface area contributed by atoms with E-state index in [0.717, 1.165) is 31.0 Å². The van der Waals surface area contributed by atoms with Crippen molar-refractivity contribution < 1.29 is 21.4 Å². The first-order valence-corrected chi connectivity index (χ1v) is 8.86. The number of halogens is 2. The van der Waals surface area contributed by atoms with Crippen molar-refractivity contribution in [1.29, 1.82) is 0 Å². The van der Waals surface area contributed by atoms with Crippen molar-refractivity contribution in [3.8, 4) is 11.3 Å². The summed E-state index contributed by atoms with van der Waals surface area (Å²) in [5.41, 5.74) is 8.76. The molecule has 0 unspecified atom stereocenters.